The number of rotatable bonds is 6. The van der Waals surface area contributed by atoms with E-state index in [4.69, 9.17) is 5.73 Å². The number of likely N-dealkylation sites (tertiary alicyclic amines) is 1. The highest BCUT2D eigenvalue weighted by Crippen LogP contribution is 2.24. The van der Waals surface area contributed by atoms with Crippen molar-refractivity contribution in [3.8, 4) is 0 Å². The van der Waals surface area contributed by atoms with Crippen LogP contribution in [-0.4, -0.2) is 35.8 Å². The third-order valence-electron chi connectivity index (χ3n) is 4.34. The smallest absolute Gasteiger partial charge is 0.251 e. The van der Waals surface area contributed by atoms with Crippen LogP contribution in [0.3, 0.4) is 0 Å². The van der Waals surface area contributed by atoms with Crippen LogP contribution in [0.25, 0.3) is 0 Å². The van der Waals surface area contributed by atoms with Gasteiger partial charge in [-0.15, -0.1) is 11.3 Å². The number of primary amides is 1. The van der Waals surface area contributed by atoms with Crippen molar-refractivity contribution >= 4 is 28.2 Å². The maximum Gasteiger partial charge on any atom is 0.251 e. The van der Waals surface area contributed by atoms with Crippen LogP contribution in [0.5, 0.6) is 0 Å². The lowest BCUT2D eigenvalue weighted by Gasteiger charge is -2.24. The van der Waals surface area contributed by atoms with Gasteiger partial charge in [0.25, 0.3) is 5.91 Å². The number of carbonyl (C=O) groups is 2. The molecule has 0 spiro atoms. The third kappa shape index (κ3) is 4.01. The number of hydrogen-bond donors (Lipinski definition) is 2. The van der Waals surface area contributed by atoms with E-state index in [9.17, 15) is 9.59 Å². The van der Waals surface area contributed by atoms with Gasteiger partial charge >= 0.3 is 0 Å². The van der Waals surface area contributed by atoms with Crippen molar-refractivity contribution in [1.29, 1.82) is 0 Å². The molecular formula is C18H21N3O2S. The van der Waals surface area contributed by atoms with Crippen molar-refractivity contribution in [2.45, 2.75) is 25.3 Å². The van der Waals surface area contributed by atoms with E-state index >= 15 is 0 Å². The van der Waals surface area contributed by atoms with Gasteiger partial charge < -0.3 is 11.1 Å². The average Bonchev–Trinajstić information content (AvgIpc) is 3.18. The number of anilines is 1. The van der Waals surface area contributed by atoms with E-state index in [0.717, 1.165) is 25.8 Å². The minimum Gasteiger partial charge on any atom is -0.366 e. The molecule has 0 saturated carbocycles. The Bertz CT molecular complexity index is 714. The molecule has 5 nitrogen and oxygen atoms in total. The van der Waals surface area contributed by atoms with Gasteiger partial charge in [-0.25, -0.2) is 0 Å². The average molecular weight is 343 g/mol. The van der Waals surface area contributed by atoms with E-state index < -0.39 is 5.91 Å². The maximum absolute atomic E-state index is 12.3. The van der Waals surface area contributed by atoms with Crippen LogP contribution in [0.1, 0.15) is 28.8 Å². The van der Waals surface area contributed by atoms with E-state index in [2.05, 4.69) is 22.3 Å². The van der Waals surface area contributed by atoms with Crippen molar-refractivity contribution in [2.24, 2.45) is 5.73 Å². The Morgan fingerprint density at radius 3 is 2.79 bits per heavy atom. The lowest BCUT2D eigenvalue weighted by Crippen LogP contribution is -2.38. The van der Waals surface area contributed by atoms with Gasteiger partial charge in [-0.05, 0) is 42.8 Å². The fourth-order valence-electron chi connectivity index (χ4n) is 3.17. The molecule has 1 aliphatic rings. The maximum atomic E-state index is 12.3. The standard InChI is InChI=1S/C18H21N3O2S/c19-17(23)15-8-10-24-18(15)20-16(22)12-21-9-4-7-14(21)11-13-5-2-1-3-6-13/h1-3,5-6,8,10,14H,4,7,9,11-12H2,(H2,19,23)(H,20,22)/t14-/m1/s1. The van der Waals surface area contributed by atoms with E-state index in [-0.39, 0.29) is 5.91 Å². The van der Waals surface area contributed by atoms with Gasteiger partial charge in [-0.2, -0.15) is 0 Å². The van der Waals surface area contributed by atoms with Crippen LogP contribution < -0.4 is 11.1 Å². The van der Waals surface area contributed by atoms with Crippen molar-refractivity contribution in [2.75, 3.05) is 18.4 Å². The predicted molar refractivity (Wildman–Crippen MR) is 96.2 cm³/mol. The van der Waals surface area contributed by atoms with Crippen molar-refractivity contribution in [3.05, 3.63) is 52.9 Å². The van der Waals surface area contributed by atoms with Crippen LogP contribution >= 0.6 is 11.3 Å². The number of benzene rings is 1. The lowest BCUT2D eigenvalue weighted by atomic mass is 10.0. The molecule has 0 radical (unpaired) electrons. The van der Waals surface area contributed by atoms with Crippen LogP contribution in [0, 0.1) is 0 Å². The van der Waals surface area contributed by atoms with Gasteiger partial charge in [-0.3, -0.25) is 14.5 Å². The van der Waals surface area contributed by atoms with Gasteiger partial charge in [-0.1, -0.05) is 30.3 Å². The molecule has 1 aliphatic heterocycles. The minimum absolute atomic E-state index is 0.0973. The molecule has 0 aliphatic carbocycles. The summed E-state index contributed by atoms with van der Waals surface area (Å²) in [4.78, 5) is 25.9. The Balaban J connectivity index is 1.59. The van der Waals surface area contributed by atoms with Crippen LogP contribution in [-0.2, 0) is 11.2 Å². The van der Waals surface area contributed by atoms with Crippen molar-refractivity contribution < 1.29 is 9.59 Å². The SMILES string of the molecule is NC(=O)c1ccsc1NC(=O)CN1CCC[C@@H]1Cc1ccccc1. The number of amides is 2. The molecule has 1 saturated heterocycles. The molecule has 0 bridgehead atoms. The Morgan fingerprint density at radius 2 is 2.04 bits per heavy atom. The predicted octanol–water partition coefficient (Wildman–Crippen LogP) is 2.49. The number of nitrogens with zero attached hydrogens (tertiary/aromatic N) is 1. The quantitative estimate of drug-likeness (QED) is 0.846. The number of nitrogens with two attached hydrogens (primary N) is 1. The van der Waals surface area contributed by atoms with Gasteiger partial charge in [0, 0.05) is 6.04 Å². The molecule has 1 aromatic carbocycles. The summed E-state index contributed by atoms with van der Waals surface area (Å²) in [5, 5.41) is 5.11. The first-order valence-corrected chi connectivity index (χ1v) is 8.96. The number of hydrogen-bond acceptors (Lipinski definition) is 4. The zero-order chi connectivity index (χ0) is 16.9. The fraction of sp³-hybridized carbons (Fsp3) is 0.333. The molecule has 126 valence electrons. The molecule has 1 fully saturated rings. The molecule has 3 N–H and O–H groups in total. The molecule has 2 aromatic rings. The Kier molecular flexibility index (Phi) is 5.27. The molecular weight excluding hydrogens is 322 g/mol. The number of thiophene rings is 1. The first kappa shape index (κ1) is 16.7. The monoisotopic (exact) mass is 343 g/mol. The summed E-state index contributed by atoms with van der Waals surface area (Å²) < 4.78 is 0. The largest absolute Gasteiger partial charge is 0.366 e. The van der Waals surface area contributed by atoms with Crippen molar-refractivity contribution in [1.82, 2.24) is 4.90 Å². The van der Waals surface area contributed by atoms with E-state index in [1.807, 2.05) is 18.2 Å². The zero-order valence-corrected chi connectivity index (χ0v) is 14.2. The Morgan fingerprint density at radius 1 is 1.25 bits per heavy atom. The minimum atomic E-state index is -0.519. The van der Waals surface area contributed by atoms with Gasteiger partial charge in [0.2, 0.25) is 5.91 Å². The highest BCUT2D eigenvalue weighted by atomic mass is 32.1. The molecule has 1 aromatic heterocycles. The second-order valence-corrected chi connectivity index (χ2v) is 6.95. The summed E-state index contributed by atoms with van der Waals surface area (Å²) in [6, 6.07) is 12.4. The highest BCUT2D eigenvalue weighted by molar-refractivity contribution is 7.14. The van der Waals surface area contributed by atoms with Crippen LogP contribution in [0.4, 0.5) is 5.00 Å². The first-order valence-electron chi connectivity index (χ1n) is 8.08. The van der Waals surface area contributed by atoms with E-state index in [1.54, 1.807) is 11.4 Å². The second kappa shape index (κ2) is 7.59. The molecule has 2 heterocycles. The fourth-order valence-corrected chi connectivity index (χ4v) is 3.98. The van der Waals surface area contributed by atoms with E-state index in [1.165, 1.54) is 16.9 Å². The molecule has 1 atom stereocenters. The third-order valence-corrected chi connectivity index (χ3v) is 5.17. The zero-order valence-electron chi connectivity index (χ0n) is 13.4. The summed E-state index contributed by atoms with van der Waals surface area (Å²) in [6.45, 7) is 1.27. The van der Waals surface area contributed by atoms with Gasteiger partial charge in [0.1, 0.15) is 5.00 Å². The summed E-state index contributed by atoms with van der Waals surface area (Å²) in [7, 11) is 0. The molecule has 2 amide bonds. The topological polar surface area (TPSA) is 75.4 Å². The molecule has 0 unspecified atom stereocenters. The van der Waals surface area contributed by atoms with Crippen LogP contribution in [0.2, 0.25) is 0 Å². The molecule has 6 heteroatoms. The van der Waals surface area contributed by atoms with Gasteiger partial charge in [0.05, 0.1) is 12.1 Å². The van der Waals surface area contributed by atoms with Crippen LogP contribution in [0.15, 0.2) is 41.8 Å². The summed E-state index contributed by atoms with van der Waals surface area (Å²) in [5.74, 6) is -0.616. The molecule has 3 rings (SSSR count). The summed E-state index contributed by atoms with van der Waals surface area (Å²) in [5.41, 5.74) is 6.98. The number of nitrogens with one attached hydrogen (secondary N) is 1. The first-order chi connectivity index (χ1) is 11.6. The van der Waals surface area contributed by atoms with Gasteiger partial charge in [0.15, 0.2) is 0 Å². The number of carbonyl (C=O) groups excluding carboxylic acids is 2. The second-order valence-electron chi connectivity index (χ2n) is 6.03. The lowest BCUT2D eigenvalue weighted by molar-refractivity contribution is -0.117. The highest BCUT2D eigenvalue weighted by Gasteiger charge is 2.26. The van der Waals surface area contributed by atoms with E-state index in [0.29, 0.717) is 23.2 Å². The summed E-state index contributed by atoms with van der Waals surface area (Å²) in [6.07, 6.45) is 3.17. The summed E-state index contributed by atoms with van der Waals surface area (Å²) >= 11 is 1.32. The molecule has 24 heavy (non-hydrogen) atoms. The Labute approximate surface area is 145 Å². The normalized spacial score (nSPS) is 17.8. The van der Waals surface area contributed by atoms with Crippen molar-refractivity contribution in [3.63, 3.8) is 0 Å². The Hall–Kier alpha value is -2.18.